The Kier molecular flexibility index (Phi) is 5.69. The fraction of sp³-hybridized carbons (Fsp3) is 0.632. The van der Waals surface area contributed by atoms with Crippen molar-refractivity contribution in [1.29, 1.82) is 0 Å². The number of hydrogen-bond acceptors (Lipinski definition) is 3. The second-order valence-corrected chi connectivity index (χ2v) is 7.46. The number of carbonyl (C=O) groups is 1. The molecule has 4 heteroatoms. The van der Waals surface area contributed by atoms with Gasteiger partial charge in [0, 0.05) is 24.7 Å². The summed E-state index contributed by atoms with van der Waals surface area (Å²) in [4.78, 5) is 14.3. The van der Waals surface area contributed by atoms with Crippen molar-refractivity contribution in [2.45, 2.75) is 71.2 Å². The van der Waals surface area contributed by atoms with Crippen LogP contribution < -0.4 is 5.32 Å². The van der Waals surface area contributed by atoms with Gasteiger partial charge in [0.05, 0.1) is 0 Å². The lowest BCUT2D eigenvalue weighted by Crippen LogP contribution is -2.55. The zero-order valence-corrected chi connectivity index (χ0v) is 15.0. The number of nitrogens with one attached hydrogen (secondary N) is 1. The lowest BCUT2D eigenvalue weighted by atomic mass is 9.96. The van der Waals surface area contributed by atoms with Crippen molar-refractivity contribution in [3.05, 3.63) is 35.9 Å². The highest BCUT2D eigenvalue weighted by atomic mass is 16.6. The van der Waals surface area contributed by atoms with Gasteiger partial charge in [-0.15, -0.1) is 0 Å². The van der Waals surface area contributed by atoms with Gasteiger partial charge in [-0.25, -0.2) is 4.79 Å². The van der Waals surface area contributed by atoms with Gasteiger partial charge in [-0.2, -0.15) is 0 Å². The molecule has 1 aromatic carbocycles. The van der Waals surface area contributed by atoms with E-state index in [1.54, 1.807) is 0 Å². The minimum Gasteiger partial charge on any atom is -0.444 e. The second kappa shape index (κ2) is 7.35. The van der Waals surface area contributed by atoms with Crippen molar-refractivity contribution in [2.24, 2.45) is 0 Å². The maximum absolute atomic E-state index is 12.4. The highest BCUT2D eigenvalue weighted by Gasteiger charge is 2.34. The number of ether oxygens (including phenoxy) is 1. The van der Waals surface area contributed by atoms with Crippen LogP contribution in [-0.2, 0) is 4.74 Å². The number of nitrogens with zero attached hydrogens (tertiary/aromatic N) is 1. The van der Waals surface area contributed by atoms with Crippen molar-refractivity contribution in [3.8, 4) is 0 Å². The summed E-state index contributed by atoms with van der Waals surface area (Å²) in [5, 5.41) is 3.68. The highest BCUT2D eigenvalue weighted by Crippen LogP contribution is 2.23. The SMILES string of the molecule is CC(NC1CCCN(C(=O)OC(C)(C)C)C1C)c1ccccc1. The number of likely N-dealkylation sites (tertiary alicyclic amines) is 1. The first-order chi connectivity index (χ1) is 10.8. The van der Waals surface area contributed by atoms with E-state index in [1.807, 2.05) is 31.7 Å². The second-order valence-electron chi connectivity index (χ2n) is 7.46. The molecule has 0 saturated carbocycles. The zero-order chi connectivity index (χ0) is 17.0. The zero-order valence-electron chi connectivity index (χ0n) is 15.0. The molecule has 1 N–H and O–H groups in total. The van der Waals surface area contributed by atoms with E-state index in [0.717, 1.165) is 19.4 Å². The number of hydrogen-bond donors (Lipinski definition) is 1. The summed E-state index contributed by atoms with van der Waals surface area (Å²) in [6.07, 6.45) is 1.88. The standard InChI is InChI=1S/C19H30N2O2/c1-14(16-10-7-6-8-11-16)20-17-12-9-13-21(15(17)2)18(22)23-19(3,4)5/h6-8,10-11,14-15,17,20H,9,12-13H2,1-5H3. The third-order valence-electron chi connectivity index (χ3n) is 4.38. The van der Waals surface area contributed by atoms with Gasteiger partial charge >= 0.3 is 6.09 Å². The van der Waals surface area contributed by atoms with Crippen molar-refractivity contribution in [3.63, 3.8) is 0 Å². The topological polar surface area (TPSA) is 41.6 Å². The Morgan fingerprint density at radius 3 is 2.57 bits per heavy atom. The summed E-state index contributed by atoms with van der Waals surface area (Å²) in [6, 6.07) is 11.1. The molecule has 2 rings (SSSR count). The van der Waals surface area contributed by atoms with Crippen LogP contribution in [0.5, 0.6) is 0 Å². The Morgan fingerprint density at radius 1 is 1.30 bits per heavy atom. The van der Waals surface area contributed by atoms with E-state index in [1.165, 1.54) is 5.56 Å². The minimum atomic E-state index is -0.450. The average Bonchev–Trinajstić information content (AvgIpc) is 2.48. The molecule has 128 valence electrons. The molecule has 1 aliphatic heterocycles. The lowest BCUT2D eigenvalue weighted by molar-refractivity contribution is 0.00643. The van der Waals surface area contributed by atoms with Crippen LogP contribution in [0, 0.1) is 0 Å². The van der Waals surface area contributed by atoms with E-state index in [0.29, 0.717) is 0 Å². The molecule has 1 heterocycles. The Labute approximate surface area is 140 Å². The molecule has 1 aromatic rings. The van der Waals surface area contributed by atoms with Crippen molar-refractivity contribution in [2.75, 3.05) is 6.54 Å². The molecule has 0 aromatic heterocycles. The number of carbonyl (C=O) groups excluding carboxylic acids is 1. The summed E-state index contributed by atoms with van der Waals surface area (Å²) in [5.74, 6) is 0. The number of piperidine rings is 1. The van der Waals surface area contributed by atoms with Gasteiger partial charge in [-0.3, -0.25) is 0 Å². The lowest BCUT2D eigenvalue weighted by Gasteiger charge is -2.41. The summed E-state index contributed by atoms with van der Waals surface area (Å²) in [6.45, 7) is 10.8. The predicted octanol–water partition coefficient (Wildman–Crippen LogP) is 4.13. The average molecular weight is 318 g/mol. The Hall–Kier alpha value is -1.55. The molecular formula is C19H30N2O2. The highest BCUT2D eigenvalue weighted by molar-refractivity contribution is 5.68. The monoisotopic (exact) mass is 318 g/mol. The van der Waals surface area contributed by atoms with Crippen molar-refractivity contribution >= 4 is 6.09 Å². The summed E-state index contributed by atoms with van der Waals surface area (Å²) in [5.41, 5.74) is 0.822. The van der Waals surface area contributed by atoms with Gasteiger partial charge in [0.25, 0.3) is 0 Å². The van der Waals surface area contributed by atoms with Crippen LogP contribution in [0.25, 0.3) is 0 Å². The Morgan fingerprint density at radius 2 is 1.96 bits per heavy atom. The first-order valence-corrected chi connectivity index (χ1v) is 8.58. The van der Waals surface area contributed by atoms with Crippen LogP contribution in [0.2, 0.25) is 0 Å². The van der Waals surface area contributed by atoms with Crippen LogP contribution in [0.15, 0.2) is 30.3 Å². The smallest absolute Gasteiger partial charge is 0.410 e. The number of rotatable bonds is 3. The number of amides is 1. The largest absolute Gasteiger partial charge is 0.444 e. The molecule has 1 aliphatic rings. The Balaban J connectivity index is 1.99. The summed E-state index contributed by atoms with van der Waals surface area (Å²) in [7, 11) is 0. The molecule has 0 radical (unpaired) electrons. The molecule has 0 spiro atoms. The van der Waals surface area contributed by atoms with Gasteiger partial charge in [0.15, 0.2) is 0 Å². The minimum absolute atomic E-state index is 0.129. The van der Waals surface area contributed by atoms with Crippen molar-refractivity contribution in [1.82, 2.24) is 10.2 Å². The molecule has 4 nitrogen and oxygen atoms in total. The van der Waals surface area contributed by atoms with Crippen LogP contribution in [0.4, 0.5) is 4.79 Å². The van der Waals surface area contributed by atoms with Crippen LogP contribution in [-0.4, -0.2) is 35.2 Å². The quantitative estimate of drug-likeness (QED) is 0.911. The van der Waals surface area contributed by atoms with Crippen LogP contribution in [0.1, 0.15) is 59.1 Å². The van der Waals surface area contributed by atoms with Crippen LogP contribution in [0.3, 0.4) is 0 Å². The third kappa shape index (κ3) is 4.96. The van der Waals surface area contributed by atoms with Crippen LogP contribution >= 0.6 is 0 Å². The molecule has 23 heavy (non-hydrogen) atoms. The molecule has 3 unspecified atom stereocenters. The normalized spacial score (nSPS) is 23.4. The molecule has 0 bridgehead atoms. The fourth-order valence-corrected chi connectivity index (χ4v) is 3.10. The molecule has 0 aliphatic carbocycles. The molecule has 1 fully saturated rings. The van der Waals surface area contributed by atoms with E-state index in [9.17, 15) is 4.79 Å². The number of benzene rings is 1. The van der Waals surface area contributed by atoms with Crippen molar-refractivity contribution < 1.29 is 9.53 Å². The molecule has 1 amide bonds. The van der Waals surface area contributed by atoms with Gasteiger partial charge in [0.1, 0.15) is 5.60 Å². The van der Waals surface area contributed by atoms with Gasteiger partial charge < -0.3 is 15.0 Å². The first-order valence-electron chi connectivity index (χ1n) is 8.58. The van der Waals surface area contributed by atoms with E-state index >= 15 is 0 Å². The molecular weight excluding hydrogens is 288 g/mol. The van der Waals surface area contributed by atoms with E-state index in [2.05, 4.69) is 43.4 Å². The Bertz CT molecular complexity index is 510. The fourth-order valence-electron chi connectivity index (χ4n) is 3.10. The molecule has 1 saturated heterocycles. The van der Waals surface area contributed by atoms with Gasteiger partial charge in [-0.05, 0) is 53.0 Å². The van der Waals surface area contributed by atoms with E-state index in [-0.39, 0.29) is 24.2 Å². The maximum Gasteiger partial charge on any atom is 0.410 e. The first kappa shape index (κ1) is 17.8. The maximum atomic E-state index is 12.4. The third-order valence-corrected chi connectivity index (χ3v) is 4.38. The summed E-state index contributed by atoms with van der Waals surface area (Å²) >= 11 is 0. The van der Waals surface area contributed by atoms with Gasteiger partial charge in [-0.1, -0.05) is 30.3 Å². The van der Waals surface area contributed by atoms with Gasteiger partial charge in [0.2, 0.25) is 0 Å². The van der Waals surface area contributed by atoms with E-state index < -0.39 is 5.60 Å². The summed E-state index contributed by atoms with van der Waals surface area (Å²) < 4.78 is 5.54. The molecule has 3 atom stereocenters. The van der Waals surface area contributed by atoms with E-state index in [4.69, 9.17) is 4.74 Å². The predicted molar refractivity (Wildman–Crippen MR) is 93.4 cm³/mol.